The maximum Gasteiger partial charge on any atom is 0.319 e. The molecule has 26 heavy (non-hydrogen) atoms. The van der Waals surface area contributed by atoms with Crippen molar-refractivity contribution in [3.63, 3.8) is 0 Å². The van der Waals surface area contributed by atoms with Gasteiger partial charge in [-0.15, -0.1) is 11.3 Å². The van der Waals surface area contributed by atoms with E-state index in [9.17, 15) is 4.79 Å². The fraction of sp³-hybridized carbons (Fsp3) is 0.222. The number of hydrogen-bond donors (Lipinski definition) is 2. The first-order valence-electron chi connectivity index (χ1n) is 7.87. The van der Waals surface area contributed by atoms with Crippen LogP contribution in [-0.4, -0.2) is 25.2 Å². The number of urea groups is 1. The summed E-state index contributed by atoms with van der Waals surface area (Å²) < 4.78 is 15.8. The van der Waals surface area contributed by atoms with Crippen LogP contribution in [0.15, 0.2) is 41.0 Å². The lowest BCUT2D eigenvalue weighted by molar-refractivity contribution is 0.252. The fourth-order valence-corrected chi connectivity index (χ4v) is 3.28. The van der Waals surface area contributed by atoms with Crippen molar-refractivity contribution >= 4 is 23.1 Å². The first kappa shape index (κ1) is 17.8. The fourth-order valence-electron chi connectivity index (χ4n) is 2.31. The highest BCUT2D eigenvalue weighted by Gasteiger charge is 2.12. The van der Waals surface area contributed by atoms with E-state index in [1.54, 1.807) is 38.7 Å². The number of aryl methyl sites for hydroxylation is 1. The molecule has 0 fully saturated rings. The normalized spacial score (nSPS) is 10.4. The number of ether oxygens (including phenoxy) is 2. The molecule has 2 heterocycles. The van der Waals surface area contributed by atoms with Crippen molar-refractivity contribution in [3.8, 4) is 22.3 Å². The minimum absolute atomic E-state index is 0.326. The largest absolute Gasteiger partial charge is 0.497 e. The summed E-state index contributed by atoms with van der Waals surface area (Å²) in [5, 5.41) is 6.39. The van der Waals surface area contributed by atoms with Gasteiger partial charge in [0.25, 0.3) is 0 Å². The first-order chi connectivity index (χ1) is 12.6. The number of carbonyl (C=O) groups excluding carboxylic acids is 1. The van der Waals surface area contributed by atoms with Gasteiger partial charge in [0.15, 0.2) is 10.8 Å². The van der Waals surface area contributed by atoms with Crippen molar-refractivity contribution < 1.29 is 18.7 Å². The molecule has 0 aliphatic rings. The number of amides is 2. The van der Waals surface area contributed by atoms with Crippen LogP contribution in [-0.2, 0) is 6.54 Å². The number of benzene rings is 1. The Morgan fingerprint density at radius 2 is 1.96 bits per heavy atom. The van der Waals surface area contributed by atoms with Crippen LogP contribution in [0.1, 0.15) is 10.6 Å². The van der Waals surface area contributed by atoms with Gasteiger partial charge in [0.2, 0.25) is 0 Å². The third-order valence-corrected chi connectivity index (χ3v) is 4.82. The summed E-state index contributed by atoms with van der Waals surface area (Å²) in [7, 11) is 3.11. The summed E-state index contributed by atoms with van der Waals surface area (Å²) in [4.78, 5) is 17.6. The maximum absolute atomic E-state index is 12.2. The summed E-state index contributed by atoms with van der Waals surface area (Å²) >= 11 is 1.49. The van der Waals surface area contributed by atoms with E-state index in [-0.39, 0.29) is 6.03 Å². The Labute approximate surface area is 155 Å². The molecule has 2 amide bonds. The van der Waals surface area contributed by atoms with Crippen LogP contribution in [0.4, 0.5) is 10.5 Å². The molecule has 0 aliphatic carbocycles. The van der Waals surface area contributed by atoms with Crippen molar-refractivity contribution in [1.29, 1.82) is 0 Å². The lowest BCUT2D eigenvalue weighted by atomic mass is 10.3. The first-order valence-corrected chi connectivity index (χ1v) is 8.69. The predicted octanol–water partition coefficient (Wildman–Crippen LogP) is 4.05. The predicted molar refractivity (Wildman–Crippen MR) is 100.0 cm³/mol. The SMILES string of the molecule is COc1cc(NC(=O)NCc2sc(-c3ccco3)nc2C)cc(OC)c1. The molecule has 0 saturated heterocycles. The summed E-state index contributed by atoms with van der Waals surface area (Å²) in [5.41, 5.74) is 1.45. The lowest BCUT2D eigenvalue weighted by Gasteiger charge is -2.10. The number of methoxy groups -OCH3 is 2. The van der Waals surface area contributed by atoms with E-state index in [4.69, 9.17) is 13.9 Å². The molecule has 1 aromatic carbocycles. The third-order valence-electron chi connectivity index (χ3n) is 3.64. The molecule has 0 bridgehead atoms. The van der Waals surface area contributed by atoms with Crippen LogP contribution in [0.2, 0.25) is 0 Å². The topological polar surface area (TPSA) is 85.6 Å². The van der Waals surface area contributed by atoms with Gasteiger partial charge in [-0.1, -0.05) is 0 Å². The monoisotopic (exact) mass is 373 g/mol. The van der Waals surface area contributed by atoms with Crippen LogP contribution < -0.4 is 20.1 Å². The van der Waals surface area contributed by atoms with Crippen molar-refractivity contribution in [1.82, 2.24) is 10.3 Å². The van der Waals surface area contributed by atoms with Gasteiger partial charge in [-0.05, 0) is 19.1 Å². The highest BCUT2D eigenvalue weighted by molar-refractivity contribution is 7.15. The van der Waals surface area contributed by atoms with E-state index in [1.165, 1.54) is 11.3 Å². The van der Waals surface area contributed by atoms with Crippen LogP contribution in [0.3, 0.4) is 0 Å². The van der Waals surface area contributed by atoms with Gasteiger partial charge < -0.3 is 24.5 Å². The number of nitrogens with zero attached hydrogens (tertiary/aromatic N) is 1. The molecule has 0 saturated carbocycles. The van der Waals surface area contributed by atoms with Crippen LogP contribution in [0.5, 0.6) is 11.5 Å². The van der Waals surface area contributed by atoms with E-state index in [1.807, 2.05) is 19.1 Å². The van der Waals surface area contributed by atoms with Gasteiger partial charge in [-0.3, -0.25) is 0 Å². The van der Waals surface area contributed by atoms with Gasteiger partial charge in [0.05, 0.1) is 32.7 Å². The second kappa shape index (κ2) is 7.92. The number of hydrogen-bond acceptors (Lipinski definition) is 6. The van der Waals surface area contributed by atoms with Crippen molar-refractivity contribution in [2.24, 2.45) is 0 Å². The van der Waals surface area contributed by atoms with Gasteiger partial charge in [-0.2, -0.15) is 0 Å². The van der Waals surface area contributed by atoms with Gasteiger partial charge in [0, 0.05) is 28.8 Å². The quantitative estimate of drug-likeness (QED) is 0.681. The van der Waals surface area contributed by atoms with Crippen LogP contribution >= 0.6 is 11.3 Å². The number of furan rings is 1. The minimum Gasteiger partial charge on any atom is -0.497 e. The zero-order chi connectivity index (χ0) is 18.5. The molecule has 3 rings (SSSR count). The molecule has 136 valence electrons. The molecule has 2 N–H and O–H groups in total. The van der Waals surface area contributed by atoms with Gasteiger partial charge >= 0.3 is 6.03 Å². The Bertz CT molecular complexity index is 868. The maximum atomic E-state index is 12.2. The van der Waals surface area contributed by atoms with Crippen LogP contribution in [0, 0.1) is 6.92 Å². The highest BCUT2D eigenvalue weighted by Crippen LogP contribution is 2.28. The standard InChI is InChI=1S/C18H19N3O4S/c1-11-16(26-17(20-11)15-5-4-6-25-15)10-19-18(22)21-12-7-13(23-2)9-14(8-12)24-3/h4-9H,10H2,1-3H3,(H2,19,21,22). The molecule has 0 aliphatic heterocycles. The Hall–Kier alpha value is -3.00. The summed E-state index contributed by atoms with van der Waals surface area (Å²) in [6.07, 6.45) is 1.61. The molecule has 0 unspecified atom stereocenters. The van der Waals surface area contributed by atoms with E-state index >= 15 is 0 Å². The van der Waals surface area contributed by atoms with Crippen LogP contribution in [0.25, 0.3) is 10.8 Å². The Kier molecular flexibility index (Phi) is 5.43. The van der Waals surface area contributed by atoms with Crippen molar-refractivity contribution in [2.75, 3.05) is 19.5 Å². The highest BCUT2D eigenvalue weighted by atomic mass is 32.1. The Morgan fingerprint density at radius 1 is 1.23 bits per heavy atom. The summed E-state index contributed by atoms with van der Waals surface area (Å²) in [5.74, 6) is 1.92. The lowest BCUT2D eigenvalue weighted by Crippen LogP contribution is -2.28. The zero-order valence-electron chi connectivity index (χ0n) is 14.7. The molecule has 0 radical (unpaired) electrons. The molecule has 8 heteroatoms. The molecule has 3 aromatic rings. The Morgan fingerprint density at radius 3 is 2.58 bits per heavy atom. The molecule has 0 spiro atoms. The second-order valence-corrected chi connectivity index (χ2v) is 6.50. The summed E-state index contributed by atoms with van der Waals surface area (Å²) in [6.45, 7) is 2.28. The molecular formula is C18H19N3O4S. The number of carbonyl (C=O) groups is 1. The smallest absolute Gasteiger partial charge is 0.319 e. The number of nitrogens with one attached hydrogen (secondary N) is 2. The van der Waals surface area contributed by atoms with Crippen molar-refractivity contribution in [2.45, 2.75) is 13.5 Å². The second-order valence-electron chi connectivity index (χ2n) is 5.41. The van der Waals surface area contributed by atoms with E-state index in [2.05, 4.69) is 15.6 Å². The number of anilines is 1. The van der Waals surface area contributed by atoms with E-state index in [0.29, 0.717) is 23.7 Å². The minimum atomic E-state index is -0.326. The van der Waals surface area contributed by atoms with E-state index in [0.717, 1.165) is 21.3 Å². The molecular weight excluding hydrogens is 354 g/mol. The number of thiazole rings is 1. The molecule has 7 nitrogen and oxygen atoms in total. The van der Waals surface area contributed by atoms with Gasteiger partial charge in [-0.25, -0.2) is 9.78 Å². The van der Waals surface area contributed by atoms with Crippen molar-refractivity contribution in [3.05, 3.63) is 47.2 Å². The third kappa shape index (κ3) is 4.15. The van der Waals surface area contributed by atoms with E-state index < -0.39 is 0 Å². The zero-order valence-corrected chi connectivity index (χ0v) is 15.5. The number of rotatable bonds is 6. The average Bonchev–Trinajstić information content (AvgIpc) is 3.29. The average molecular weight is 373 g/mol. The van der Waals surface area contributed by atoms with Gasteiger partial charge in [0.1, 0.15) is 11.5 Å². The number of aromatic nitrogens is 1. The summed E-state index contributed by atoms with van der Waals surface area (Å²) in [6, 6.07) is 8.52. The molecule has 2 aromatic heterocycles. The Balaban J connectivity index is 1.63. The molecule has 0 atom stereocenters.